The second-order valence-electron chi connectivity index (χ2n) is 4.57. The van der Waals surface area contributed by atoms with Gasteiger partial charge in [-0.3, -0.25) is 14.9 Å². The van der Waals surface area contributed by atoms with Crippen molar-refractivity contribution in [3.8, 4) is 0 Å². The first-order valence-electron chi connectivity index (χ1n) is 6.22. The van der Waals surface area contributed by atoms with Crippen LogP contribution in [0, 0.1) is 15.9 Å². The maximum absolute atomic E-state index is 13.6. The third kappa shape index (κ3) is 3.42. The molecule has 0 heterocycles. The van der Waals surface area contributed by atoms with E-state index in [9.17, 15) is 19.3 Å². The average Bonchev–Trinajstić information content (AvgIpc) is 2.47. The molecule has 0 spiro atoms. The summed E-state index contributed by atoms with van der Waals surface area (Å²) in [4.78, 5) is 23.7. The van der Waals surface area contributed by atoms with Crippen LogP contribution in [0.5, 0.6) is 0 Å². The lowest BCUT2D eigenvalue weighted by Gasteiger charge is -2.17. The van der Waals surface area contributed by atoms with Crippen LogP contribution in [0.25, 0.3) is 0 Å². The van der Waals surface area contributed by atoms with E-state index in [1.807, 2.05) is 0 Å². The highest BCUT2D eigenvalue weighted by Crippen LogP contribution is 2.16. The Morgan fingerprint density at radius 2 is 1.95 bits per heavy atom. The molecule has 0 aliphatic rings. The monoisotopic (exact) mass is 288 g/mol. The summed E-state index contributed by atoms with van der Waals surface area (Å²) in [5.74, 6) is -1.06. The Balaban J connectivity index is 2.16. The van der Waals surface area contributed by atoms with E-state index in [4.69, 9.17) is 0 Å². The van der Waals surface area contributed by atoms with Gasteiger partial charge in [-0.05, 0) is 17.7 Å². The van der Waals surface area contributed by atoms with Crippen molar-refractivity contribution in [1.82, 2.24) is 4.90 Å². The maximum atomic E-state index is 13.6. The van der Waals surface area contributed by atoms with E-state index < -0.39 is 16.6 Å². The molecule has 0 unspecified atom stereocenters. The summed E-state index contributed by atoms with van der Waals surface area (Å²) < 4.78 is 13.6. The number of nitro groups is 1. The van der Waals surface area contributed by atoms with E-state index in [-0.39, 0.29) is 17.8 Å². The number of carbonyl (C=O) groups excluding carboxylic acids is 1. The second kappa shape index (κ2) is 6.13. The molecule has 6 heteroatoms. The van der Waals surface area contributed by atoms with Gasteiger partial charge in [-0.25, -0.2) is 4.39 Å². The molecule has 21 heavy (non-hydrogen) atoms. The van der Waals surface area contributed by atoms with E-state index in [1.165, 1.54) is 42.3 Å². The number of benzene rings is 2. The average molecular weight is 288 g/mol. The van der Waals surface area contributed by atoms with Crippen LogP contribution in [0.4, 0.5) is 10.1 Å². The molecule has 0 atom stereocenters. The summed E-state index contributed by atoms with van der Waals surface area (Å²) in [7, 11) is 1.52. The van der Waals surface area contributed by atoms with Gasteiger partial charge < -0.3 is 4.90 Å². The van der Waals surface area contributed by atoms with Crippen molar-refractivity contribution in [3.63, 3.8) is 0 Å². The molecule has 0 bridgehead atoms. The quantitative estimate of drug-likeness (QED) is 0.641. The van der Waals surface area contributed by atoms with Gasteiger partial charge in [0.15, 0.2) is 0 Å². The Bertz CT molecular complexity index is 688. The lowest BCUT2D eigenvalue weighted by molar-refractivity contribution is -0.384. The molecular formula is C15H13FN2O3. The zero-order chi connectivity index (χ0) is 15.4. The molecule has 0 N–H and O–H groups in total. The largest absolute Gasteiger partial charge is 0.337 e. The van der Waals surface area contributed by atoms with Crippen LogP contribution in [-0.2, 0) is 6.54 Å². The Labute approximate surface area is 120 Å². The van der Waals surface area contributed by atoms with Gasteiger partial charge in [-0.15, -0.1) is 0 Å². The van der Waals surface area contributed by atoms with E-state index in [2.05, 4.69) is 0 Å². The Morgan fingerprint density at radius 3 is 2.62 bits per heavy atom. The molecule has 0 aliphatic heterocycles. The fourth-order valence-corrected chi connectivity index (χ4v) is 1.95. The lowest BCUT2D eigenvalue weighted by Crippen LogP contribution is -2.27. The van der Waals surface area contributed by atoms with E-state index in [0.717, 1.165) is 0 Å². The fraction of sp³-hybridized carbons (Fsp3) is 0.133. The van der Waals surface area contributed by atoms with Gasteiger partial charge in [0.05, 0.1) is 10.5 Å². The molecule has 0 saturated carbocycles. The SMILES string of the molecule is CN(Cc1cccc([N+](=O)[O-])c1)C(=O)c1ccccc1F. The molecule has 0 aromatic heterocycles. The van der Waals surface area contributed by atoms with E-state index in [1.54, 1.807) is 18.2 Å². The Morgan fingerprint density at radius 1 is 1.24 bits per heavy atom. The summed E-state index contributed by atoms with van der Waals surface area (Å²) in [6, 6.07) is 11.7. The number of hydrogen-bond acceptors (Lipinski definition) is 3. The van der Waals surface area contributed by atoms with Gasteiger partial charge in [0.1, 0.15) is 5.82 Å². The van der Waals surface area contributed by atoms with Crippen molar-refractivity contribution < 1.29 is 14.1 Å². The van der Waals surface area contributed by atoms with Crippen molar-refractivity contribution in [2.75, 3.05) is 7.05 Å². The van der Waals surface area contributed by atoms with Gasteiger partial charge in [0.2, 0.25) is 0 Å². The fourth-order valence-electron chi connectivity index (χ4n) is 1.95. The molecule has 2 aromatic rings. The highest BCUT2D eigenvalue weighted by atomic mass is 19.1. The van der Waals surface area contributed by atoms with Gasteiger partial charge in [-0.2, -0.15) is 0 Å². The molecule has 2 rings (SSSR count). The van der Waals surface area contributed by atoms with E-state index in [0.29, 0.717) is 5.56 Å². The number of rotatable bonds is 4. The molecule has 1 amide bonds. The minimum atomic E-state index is -0.589. The number of nitro benzene ring substituents is 1. The molecule has 0 radical (unpaired) electrons. The Hall–Kier alpha value is -2.76. The van der Waals surface area contributed by atoms with Crippen LogP contribution >= 0.6 is 0 Å². The van der Waals surface area contributed by atoms with Crippen molar-refractivity contribution >= 4 is 11.6 Å². The number of hydrogen-bond donors (Lipinski definition) is 0. The van der Waals surface area contributed by atoms with Crippen LogP contribution in [0.1, 0.15) is 15.9 Å². The molecule has 2 aromatic carbocycles. The molecule has 0 aliphatic carbocycles. The topological polar surface area (TPSA) is 63.4 Å². The van der Waals surface area contributed by atoms with Crippen LogP contribution in [0.3, 0.4) is 0 Å². The molecule has 5 nitrogen and oxygen atoms in total. The predicted octanol–water partition coefficient (Wildman–Crippen LogP) is 3.01. The number of carbonyl (C=O) groups is 1. The summed E-state index contributed by atoms with van der Waals surface area (Å²) in [6.07, 6.45) is 0. The van der Waals surface area contributed by atoms with Crippen LogP contribution < -0.4 is 0 Å². The standard InChI is InChI=1S/C15H13FN2O3/c1-17(15(19)13-7-2-3-8-14(13)16)10-11-5-4-6-12(9-11)18(20)21/h2-9H,10H2,1H3. The Kier molecular flexibility index (Phi) is 4.27. The highest BCUT2D eigenvalue weighted by molar-refractivity contribution is 5.94. The summed E-state index contributed by atoms with van der Waals surface area (Å²) in [6.45, 7) is 0.162. The maximum Gasteiger partial charge on any atom is 0.269 e. The van der Waals surface area contributed by atoms with Crippen molar-refractivity contribution in [1.29, 1.82) is 0 Å². The van der Waals surface area contributed by atoms with Crippen molar-refractivity contribution in [2.24, 2.45) is 0 Å². The second-order valence-corrected chi connectivity index (χ2v) is 4.57. The first kappa shape index (κ1) is 14.6. The van der Waals surface area contributed by atoms with Gasteiger partial charge >= 0.3 is 0 Å². The summed E-state index contributed by atoms with van der Waals surface area (Å²) in [5, 5.41) is 10.7. The first-order valence-corrected chi connectivity index (χ1v) is 6.22. The minimum Gasteiger partial charge on any atom is -0.337 e. The van der Waals surface area contributed by atoms with E-state index >= 15 is 0 Å². The third-order valence-corrected chi connectivity index (χ3v) is 2.99. The van der Waals surface area contributed by atoms with Gasteiger partial charge in [0, 0.05) is 25.7 Å². The third-order valence-electron chi connectivity index (χ3n) is 2.99. The number of non-ortho nitro benzene ring substituents is 1. The molecular weight excluding hydrogens is 275 g/mol. The predicted molar refractivity (Wildman–Crippen MR) is 75.3 cm³/mol. The smallest absolute Gasteiger partial charge is 0.269 e. The normalized spacial score (nSPS) is 10.2. The van der Waals surface area contributed by atoms with Crippen LogP contribution in [0.2, 0.25) is 0 Å². The van der Waals surface area contributed by atoms with Gasteiger partial charge in [0.25, 0.3) is 11.6 Å². The minimum absolute atomic E-state index is 0.0227. The summed E-state index contributed by atoms with van der Waals surface area (Å²) in [5.41, 5.74) is 0.543. The van der Waals surface area contributed by atoms with Crippen molar-refractivity contribution in [2.45, 2.75) is 6.54 Å². The van der Waals surface area contributed by atoms with Crippen LogP contribution in [0.15, 0.2) is 48.5 Å². The zero-order valence-electron chi connectivity index (χ0n) is 11.3. The molecule has 0 saturated heterocycles. The lowest BCUT2D eigenvalue weighted by atomic mass is 10.1. The van der Waals surface area contributed by atoms with Crippen LogP contribution in [-0.4, -0.2) is 22.8 Å². The molecule has 0 fully saturated rings. The number of amides is 1. The summed E-state index contributed by atoms with van der Waals surface area (Å²) >= 11 is 0. The zero-order valence-corrected chi connectivity index (χ0v) is 11.3. The number of nitrogens with zero attached hydrogens (tertiary/aromatic N) is 2. The van der Waals surface area contributed by atoms with Gasteiger partial charge in [-0.1, -0.05) is 24.3 Å². The first-order chi connectivity index (χ1) is 9.99. The highest BCUT2D eigenvalue weighted by Gasteiger charge is 2.16. The molecule has 108 valence electrons. The van der Waals surface area contributed by atoms with Crippen molar-refractivity contribution in [3.05, 3.63) is 75.6 Å². The number of halogens is 1.